The summed E-state index contributed by atoms with van der Waals surface area (Å²) in [6.45, 7) is 0.434. The molecule has 0 heterocycles. The molecule has 1 aromatic carbocycles. The molecule has 4 nitrogen and oxygen atoms in total. The maximum atomic E-state index is 14.1. The monoisotopic (exact) mass is 339 g/mol. The van der Waals surface area contributed by atoms with Crippen LogP contribution in [0.15, 0.2) is 18.2 Å². The van der Waals surface area contributed by atoms with Crippen LogP contribution in [0, 0.1) is 11.6 Å². The quantitative estimate of drug-likeness (QED) is 0.676. The molecule has 1 fully saturated rings. The van der Waals surface area contributed by atoms with Gasteiger partial charge in [0.2, 0.25) is 5.91 Å². The number of unbranched alkanes of at least 4 members (excludes halogenated alkanes) is 3. The van der Waals surface area contributed by atoms with Gasteiger partial charge in [0.15, 0.2) is 0 Å². The van der Waals surface area contributed by atoms with Gasteiger partial charge in [-0.3, -0.25) is 9.59 Å². The summed E-state index contributed by atoms with van der Waals surface area (Å²) in [6.07, 6.45) is 4.78. The van der Waals surface area contributed by atoms with E-state index in [1.165, 1.54) is 18.2 Å². The number of carbonyl (C=O) groups excluding carboxylic acids is 1. The Labute approximate surface area is 140 Å². The van der Waals surface area contributed by atoms with Crippen molar-refractivity contribution in [1.82, 2.24) is 5.32 Å². The van der Waals surface area contributed by atoms with Crippen molar-refractivity contribution >= 4 is 11.9 Å². The van der Waals surface area contributed by atoms with Crippen LogP contribution in [-0.2, 0) is 15.0 Å². The number of carboxylic acids is 1. The van der Waals surface area contributed by atoms with Gasteiger partial charge < -0.3 is 10.4 Å². The van der Waals surface area contributed by atoms with E-state index in [0.717, 1.165) is 25.7 Å². The number of aliphatic carboxylic acids is 1. The van der Waals surface area contributed by atoms with Crippen molar-refractivity contribution in [2.75, 3.05) is 6.54 Å². The van der Waals surface area contributed by atoms with E-state index in [1.54, 1.807) is 0 Å². The summed E-state index contributed by atoms with van der Waals surface area (Å²) in [5.74, 6) is -2.46. The minimum absolute atomic E-state index is 0.116. The van der Waals surface area contributed by atoms with E-state index in [4.69, 9.17) is 5.11 Å². The lowest BCUT2D eigenvalue weighted by atomic mass is 9.63. The highest BCUT2D eigenvalue weighted by Crippen LogP contribution is 2.45. The molecule has 2 rings (SSSR count). The predicted octanol–water partition coefficient (Wildman–Crippen LogP) is 3.54. The van der Waals surface area contributed by atoms with Gasteiger partial charge in [-0.2, -0.15) is 0 Å². The lowest BCUT2D eigenvalue weighted by Crippen LogP contribution is -2.50. The Morgan fingerprint density at radius 2 is 1.71 bits per heavy atom. The number of halogens is 2. The van der Waals surface area contributed by atoms with Crippen molar-refractivity contribution in [3.63, 3.8) is 0 Å². The summed E-state index contributed by atoms with van der Waals surface area (Å²) in [5.41, 5.74) is -1.20. The first-order valence-electron chi connectivity index (χ1n) is 8.42. The molecule has 1 saturated carbocycles. The Kier molecular flexibility index (Phi) is 6.29. The first kappa shape index (κ1) is 18.4. The summed E-state index contributed by atoms with van der Waals surface area (Å²) in [6, 6.07) is 3.68. The zero-order chi connectivity index (χ0) is 17.6. The van der Waals surface area contributed by atoms with E-state index < -0.39 is 23.0 Å². The molecule has 1 aliphatic rings. The van der Waals surface area contributed by atoms with Crippen molar-refractivity contribution in [3.8, 4) is 0 Å². The van der Waals surface area contributed by atoms with E-state index in [9.17, 15) is 18.4 Å². The third-order valence-electron chi connectivity index (χ3n) is 4.69. The van der Waals surface area contributed by atoms with Crippen LogP contribution in [0.1, 0.15) is 56.9 Å². The van der Waals surface area contributed by atoms with Crippen LogP contribution >= 0.6 is 0 Å². The van der Waals surface area contributed by atoms with Gasteiger partial charge in [-0.1, -0.05) is 25.3 Å². The lowest BCUT2D eigenvalue weighted by Gasteiger charge is -2.40. The van der Waals surface area contributed by atoms with Crippen molar-refractivity contribution in [1.29, 1.82) is 0 Å². The normalized spacial score (nSPS) is 15.6. The molecule has 0 spiro atoms. The molecule has 1 aromatic rings. The molecule has 1 aliphatic carbocycles. The van der Waals surface area contributed by atoms with Crippen molar-refractivity contribution in [2.24, 2.45) is 0 Å². The molecule has 24 heavy (non-hydrogen) atoms. The summed E-state index contributed by atoms with van der Waals surface area (Å²) in [4.78, 5) is 22.9. The Morgan fingerprint density at radius 1 is 1.08 bits per heavy atom. The minimum atomic E-state index is -1.08. The molecule has 0 bridgehead atoms. The Balaban J connectivity index is 1.85. The van der Waals surface area contributed by atoms with Crippen LogP contribution in [0.2, 0.25) is 0 Å². The molecule has 1 amide bonds. The van der Waals surface area contributed by atoms with Gasteiger partial charge in [-0.05, 0) is 37.8 Å². The standard InChI is InChI=1S/C18H23F2NO3/c19-13-7-5-8-14(20)16(13)18(10-6-11-18)17(24)21-12-4-2-1-3-9-15(22)23/h5,7-8H,1-4,6,9-12H2,(H,21,24)(H,22,23). The fraction of sp³-hybridized carbons (Fsp3) is 0.556. The van der Waals surface area contributed by atoms with E-state index in [1.807, 2.05) is 0 Å². The largest absolute Gasteiger partial charge is 0.481 e. The number of benzene rings is 1. The molecule has 132 valence electrons. The fourth-order valence-electron chi connectivity index (χ4n) is 3.20. The van der Waals surface area contributed by atoms with Gasteiger partial charge in [-0.15, -0.1) is 0 Å². The second kappa shape index (κ2) is 8.22. The van der Waals surface area contributed by atoms with Crippen LogP contribution in [0.25, 0.3) is 0 Å². The highest BCUT2D eigenvalue weighted by molar-refractivity contribution is 5.89. The molecule has 2 N–H and O–H groups in total. The molecule has 0 aliphatic heterocycles. The second-order valence-electron chi connectivity index (χ2n) is 6.35. The number of carboxylic acid groups (broad SMARTS) is 1. The summed E-state index contributed by atoms with van der Waals surface area (Å²) >= 11 is 0. The van der Waals surface area contributed by atoms with Crippen molar-refractivity contribution < 1.29 is 23.5 Å². The Hall–Kier alpha value is -1.98. The third-order valence-corrected chi connectivity index (χ3v) is 4.69. The molecule has 0 saturated heterocycles. The van der Waals surface area contributed by atoms with Crippen LogP contribution in [-0.4, -0.2) is 23.5 Å². The second-order valence-corrected chi connectivity index (χ2v) is 6.35. The molecule has 6 heteroatoms. The molecular formula is C18H23F2NO3. The van der Waals surface area contributed by atoms with Gasteiger partial charge in [0.05, 0.1) is 5.41 Å². The first-order chi connectivity index (χ1) is 11.5. The van der Waals surface area contributed by atoms with Gasteiger partial charge in [-0.25, -0.2) is 8.78 Å². The summed E-state index contributed by atoms with van der Waals surface area (Å²) < 4.78 is 28.1. The molecule has 0 aromatic heterocycles. The fourth-order valence-corrected chi connectivity index (χ4v) is 3.20. The first-order valence-corrected chi connectivity index (χ1v) is 8.42. The van der Waals surface area contributed by atoms with Crippen LogP contribution in [0.4, 0.5) is 8.78 Å². The topological polar surface area (TPSA) is 66.4 Å². The average molecular weight is 339 g/mol. The van der Waals surface area contributed by atoms with E-state index in [-0.39, 0.29) is 17.9 Å². The predicted molar refractivity (Wildman–Crippen MR) is 85.6 cm³/mol. The van der Waals surface area contributed by atoms with E-state index >= 15 is 0 Å². The summed E-state index contributed by atoms with van der Waals surface area (Å²) in [7, 11) is 0. The SMILES string of the molecule is O=C(O)CCCCCCNC(=O)C1(c2c(F)cccc2F)CCC1. The highest BCUT2D eigenvalue weighted by Gasteiger charge is 2.48. The zero-order valence-electron chi connectivity index (χ0n) is 13.6. The number of amides is 1. The van der Waals surface area contributed by atoms with Crippen LogP contribution in [0.5, 0.6) is 0 Å². The molecule has 0 radical (unpaired) electrons. The molecule has 0 atom stereocenters. The minimum Gasteiger partial charge on any atom is -0.481 e. The molecular weight excluding hydrogens is 316 g/mol. The third kappa shape index (κ3) is 4.10. The zero-order valence-corrected chi connectivity index (χ0v) is 13.6. The maximum Gasteiger partial charge on any atom is 0.303 e. The van der Waals surface area contributed by atoms with Crippen LogP contribution in [0.3, 0.4) is 0 Å². The Bertz CT molecular complexity index is 580. The number of rotatable bonds is 9. The van der Waals surface area contributed by atoms with Crippen molar-refractivity contribution in [3.05, 3.63) is 35.4 Å². The number of nitrogens with one attached hydrogen (secondary N) is 1. The smallest absolute Gasteiger partial charge is 0.303 e. The average Bonchev–Trinajstić information content (AvgIpc) is 2.47. The maximum absolute atomic E-state index is 14.1. The van der Waals surface area contributed by atoms with E-state index in [2.05, 4.69) is 5.32 Å². The number of hydrogen-bond donors (Lipinski definition) is 2. The number of carbonyl (C=O) groups is 2. The summed E-state index contributed by atoms with van der Waals surface area (Å²) in [5, 5.41) is 11.3. The van der Waals surface area contributed by atoms with Crippen molar-refractivity contribution in [2.45, 2.75) is 56.8 Å². The molecule has 0 unspecified atom stereocenters. The highest BCUT2D eigenvalue weighted by atomic mass is 19.1. The number of hydrogen-bond acceptors (Lipinski definition) is 2. The van der Waals surface area contributed by atoms with Gasteiger partial charge in [0.25, 0.3) is 0 Å². The van der Waals surface area contributed by atoms with Gasteiger partial charge in [0, 0.05) is 18.5 Å². The van der Waals surface area contributed by atoms with E-state index in [0.29, 0.717) is 25.8 Å². The Morgan fingerprint density at radius 3 is 2.25 bits per heavy atom. The van der Waals surface area contributed by atoms with Gasteiger partial charge >= 0.3 is 5.97 Å². The van der Waals surface area contributed by atoms with Crippen LogP contribution < -0.4 is 5.32 Å². The van der Waals surface area contributed by atoms with Gasteiger partial charge in [0.1, 0.15) is 11.6 Å². The lowest BCUT2D eigenvalue weighted by molar-refractivity contribution is -0.137.